The molecule has 0 spiro atoms. The summed E-state index contributed by atoms with van der Waals surface area (Å²) in [5.74, 6) is -0.385. The molecule has 2 aromatic rings. The lowest BCUT2D eigenvalue weighted by Gasteiger charge is -2.22. The third kappa shape index (κ3) is 3.57. The summed E-state index contributed by atoms with van der Waals surface area (Å²) < 4.78 is 0. The summed E-state index contributed by atoms with van der Waals surface area (Å²) in [5.41, 5.74) is 5.90. The van der Waals surface area contributed by atoms with E-state index >= 15 is 0 Å². The van der Waals surface area contributed by atoms with Gasteiger partial charge in [0.1, 0.15) is 11.7 Å². The average Bonchev–Trinajstić information content (AvgIpc) is 3.28. The summed E-state index contributed by atoms with van der Waals surface area (Å²) in [6.07, 6.45) is 3.75. The van der Waals surface area contributed by atoms with Crippen molar-refractivity contribution in [3.63, 3.8) is 0 Å². The van der Waals surface area contributed by atoms with Crippen molar-refractivity contribution in [3.05, 3.63) is 27.7 Å². The van der Waals surface area contributed by atoms with Crippen LogP contribution in [0, 0.1) is 0 Å². The van der Waals surface area contributed by atoms with Crippen molar-refractivity contribution in [2.45, 2.75) is 25.3 Å². The molecule has 0 aliphatic carbocycles. The van der Waals surface area contributed by atoms with Crippen LogP contribution in [0.25, 0.3) is 0 Å². The molecule has 0 radical (unpaired) electrons. The second-order valence-corrected chi connectivity index (χ2v) is 6.99. The van der Waals surface area contributed by atoms with Crippen LogP contribution in [0.3, 0.4) is 0 Å². The van der Waals surface area contributed by atoms with Gasteiger partial charge in [0.15, 0.2) is 5.13 Å². The predicted molar refractivity (Wildman–Crippen MR) is 89.7 cm³/mol. The highest BCUT2D eigenvalue weighted by atomic mass is 32.1. The number of thiazole rings is 2. The number of rotatable bonds is 5. The van der Waals surface area contributed by atoms with E-state index < -0.39 is 6.04 Å². The second-order valence-electron chi connectivity index (χ2n) is 5.15. The molecule has 3 N–H and O–H groups in total. The molecule has 3 rings (SSSR count). The highest BCUT2D eigenvalue weighted by molar-refractivity contribution is 7.13. The molecule has 0 bridgehead atoms. The molecule has 1 unspecified atom stereocenters. The maximum Gasteiger partial charge on any atom is 0.274 e. The van der Waals surface area contributed by atoms with Gasteiger partial charge in [-0.2, -0.15) is 0 Å². The SMILES string of the molecule is NCCc1nc(C(=O)N2CCCC2C(=O)Nc2nccs2)cs1. The van der Waals surface area contributed by atoms with Crippen LogP contribution >= 0.6 is 22.7 Å². The number of carbonyl (C=O) groups is 2. The van der Waals surface area contributed by atoms with Crippen LogP contribution in [0.2, 0.25) is 0 Å². The Morgan fingerprint density at radius 2 is 2.30 bits per heavy atom. The van der Waals surface area contributed by atoms with Crippen molar-refractivity contribution in [1.29, 1.82) is 0 Å². The molecular weight excluding hydrogens is 334 g/mol. The number of anilines is 1. The van der Waals surface area contributed by atoms with Gasteiger partial charge in [0.25, 0.3) is 5.91 Å². The number of nitrogens with two attached hydrogens (primary N) is 1. The fraction of sp³-hybridized carbons (Fsp3) is 0.429. The number of aromatic nitrogens is 2. The molecule has 1 fully saturated rings. The second kappa shape index (κ2) is 7.16. The number of nitrogens with one attached hydrogen (secondary N) is 1. The van der Waals surface area contributed by atoms with Crippen LogP contribution in [-0.4, -0.2) is 45.8 Å². The van der Waals surface area contributed by atoms with Gasteiger partial charge in [0.2, 0.25) is 5.91 Å². The van der Waals surface area contributed by atoms with Crippen molar-refractivity contribution in [3.8, 4) is 0 Å². The van der Waals surface area contributed by atoms with E-state index in [9.17, 15) is 9.59 Å². The Labute approximate surface area is 141 Å². The third-order valence-corrected chi connectivity index (χ3v) is 5.20. The molecular formula is C14H17N5O2S2. The zero-order valence-corrected chi connectivity index (χ0v) is 14.0. The normalized spacial score (nSPS) is 17.4. The molecule has 2 aromatic heterocycles. The van der Waals surface area contributed by atoms with Gasteiger partial charge in [0.05, 0.1) is 5.01 Å². The minimum absolute atomic E-state index is 0.191. The Bertz CT molecular complexity index is 685. The zero-order valence-electron chi connectivity index (χ0n) is 12.4. The van der Waals surface area contributed by atoms with Gasteiger partial charge in [0, 0.05) is 29.9 Å². The summed E-state index contributed by atoms with van der Waals surface area (Å²) in [7, 11) is 0. The van der Waals surface area contributed by atoms with E-state index in [-0.39, 0.29) is 11.8 Å². The standard InChI is InChI=1S/C14H17N5O2S2/c15-4-3-11-17-9(8-23-11)13(21)19-6-1-2-10(19)12(20)18-14-16-5-7-22-14/h5,7-8,10H,1-4,6,15H2,(H,16,18,20). The lowest BCUT2D eigenvalue weighted by molar-refractivity contribution is -0.119. The summed E-state index contributed by atoms with van der Waals surface area (Å²) in [4.78, 5) is 35.0. The summed E-state index contributed by atoms with van der Waals surface area (Å²) in [6.45, 7) is 1.07. The van der Waals surface area contributed by atoms with Gasteiger partial charge in [-0.3, -0.25) is 9.59 Å². The number of carbonyl (C=O) groups excluding carboxylic acids is 2. The smallest absolute Gasteiger partial charge is 0.274 e. The summed E-state index contributed by atoms with van der Waals surface area (Å²) in [6, 6.07) is -0.467. The molecule has 7 nitrogen and oxygen atoms in total. The fourth-order valence-corrected chi connectivity index (χ4v) is 3.87. The first-order valence-corrected chi connectivity index (χ1v) is 9.10. The molecule has 0 aromatic carbocycles. The molecule has 2 amide bonds. The zero-order chi connectivity index (χ0) is 16.2. The van der Waals surface area contributed by atoms with Crippen LogP contribution in [0.4, 0.5) is 5.13 Å². The Kier molecular flexibility index (Phi) is 4.99. The van der Waals surface area contributed by atoms with E-state index in [0.717, 1.165) is 11.4 Å². The fourth-order valence-electron chi connectivity index (χ4n) is 2.55. The van der Waals surface area contributed by atoms with Gasteiger partial charge in [-0.05, 0) is 19.4 Å². The van der Waals surface area contributed by atoms with Crippen LogP contribution in [0.15, 0.2) is 17.0 Å². The first-order chi connectivity index (χ1) is 11.2. The van der Waals surface area contributed by atoms with E-state index in [1.54, 1.807) is 21.9 Å². The lowest BCUT2D eigenvalue weighted by atomic mass is 10.2. The van der Waals surface area contributed by atoms with Crippen LogP contribution in [-0.2, 0) is 11.2 Å². The first kappa shape index (κ1) is 16.0. The summed E-state index contributed by atoms with van der Waals surface area (Å²) >= 11 is 2.78. The Balaban J connectivity index is 1.69. The number of nitrogens with zero attached hydrogens (tertiary/aromatic N) is 3. The minimum atomic E-state index is -0.467. The van der Waals surface area contributed by atoms with Crippen molar-refractivity contribution in [1.82, 2.24) is 14.9 Å². The predicted octanol–water partition coefficient (Wildman–Crippen LogP) is 1.34. The van der Waals surface area contributed by atoms with Gasteiger partial charge in [-0.1, -0.05) is 0 Å². The molecule has 1 saturated heterocycles. The maximum absolute atomic E-state index is 12.6. The van der Waals surface area contributed by atoms with E-state index in [1.165, 1.54) is 22.7 Å². The molecule has 0 saturated carbocycles. The molecule has 122 valence electrons. The number of hydrogen-bond acceptors (Lipinski definition) is 7. The molecule has 1 aliphatic rings. The minimum Gasteiger partial charge on any atom is -0.330 e. The molecule has 1 atom stereocenters. The first-order valence-electron chi connectivity index (χ1n) is 7.35. The average molecular weight is 351 g/mol. The molecule has 9 heteroatoms. The monoisotopic (exact) mass is 351 g/mol. The van der Waals surface area contributed by atoms with Crippen LogP contribution < -0.4 is 11.1 Å². The van der Waals surface area contributed by atoms with E-state index in [0.29, 0.717) is 36.8 Å². The molecule has 3 heterocycles. The third-order valence-electron chi connectivity index (χ3n) is 3.61. The van der Waals surface area contributed by atoms with Gasteiger partial charge < -0.3 is 16.0 Å². The van der Waals surface area contributed by atoms with Crippen molar-refractivity contribution in [2.24, 2.45) is 5.73 Å². The quantitative estimate of drug-likeness (QED) is 0.846. The van der Waals surface area contributed by atoms with Gasteiger partial charge in [-0.25, -0.2) is 9.97 Å². The van der Waals surface area contributed by atoms with Crippen molar-refractivity contribution in [2.75, 3.05) is 18.4 Å². The van der Waals surface area contributed by atoms with Crippen LogP contribution in [0.1, 0.15) is 28.3 Å². The van der Waals surface area contributed by atoms with Crippen LogP contribution in [0.5, 0.6) is 0 Å². The van der Waals surface area contributed by atoms with E-state index in [4.69, 9.17) is 5.73 Å². The number of likely N-dealkylation sites (tertiary alicyclic amines) is 1. The lowest BCUT2D eigenvalue weighted by Crippen LogP contribution is -2.43. The van der Waals surface area contributed by atoms with E-state index in [2.05, 4.69) is 15.3 Å². The Morgan fingerprint density at radius 1 is 1.43 bits per heavy atom. The largest absolute Gasteiger partial charge is 0.330 e. The Hall–Kier alpha value is -1.84. The van der Waals surface area contributed by atoms with Crippen molar-refractivity contribution < 1.29 is 9.59 Å². The van der Waals surface area contributed by atoms with Crippen molar-refractivity contribution >= 4 is 39.6 Å². The highest BCUT2D eigenvalue weighted by Gasteiger charge is 2.35. The Morgan fingerprint density at radius 3 is 3.04 bits per heavy atom. The van der Waals surface area contributed by atoms with E-state index in [1.807, 2.05) is 0 Å². The number of hydrogen-bond donors (Lipinski definition) is 2. The maximum atomic E-state index is 12.6. The molecule has 1 aliphatic heterocycles. The highest BCUT2D eigenvalue weighted by Crippen LogP contribution is 2.23. The number of amides is 2. The van der Waals surface area contributed by atoms with Gasteiger partial charge >= 0.3 is 0 Å². The summed E-state index contributed by atoms with van der Waals surface area (Å²) in [5, 5.41) is 7.69. The topological polar surface area (TPSA) is 101 Å². The van der Waals surface area contributed by atoms with Gasteiger partial charge in [-0.15, -0.1) is 22.7 Å². The molecule has 23 heavy (non-hydrogen) atoms.